The molecule has 8 rings (SSSR count). The van der Waals surface area contributed by atoms with Crippen molar-refractivity contribution in [3.05, 3.63) is 160 Å². The van der Waals surface area contributed by atoms with Crippen molar-refractivity contribution in [2.75, 3.05) is 29.4 Å². The molecule has 3 amide bonds. The predicted molar refractivity (Wildman–Crippen MR) is 235 cm³/mol. The molecular formula is C44H41N7O6S3. The Hall–Kier alpha value is -6.10. The quantitative estimate of drug-likeness (QED) is 0.0296. The molecule has 3 aliphatic rings. The number of ether oxygens (including phenoxy) is 1. The first-order chi connectivity index (χ1) is 29.0. The van der Waals surface area contributed by atoms with Crippen LogP contribution in [0.3, 0.4) is 0 Å². The van der Waals surface area contributed by atoms with Gasteiger partial charge in [-0.05, 0) is 55.2 Å². The lowest BCUT2D eigenvalue weighted by molar-refractivity contribution is -0.158. The molecule has 0 radical (unpaired) electrons. The molecule has 1 aromatic heterocycles. The monoisotopic (exact) mass is 859 g/mol. The van der Waals surface area contributed by atoms with Crippen molar-refractivity contribution in [1.82, 2.24) is 19.5 Å². The molecule has 1 saturated heterocycles. The summed E-state index contributed by atoms with van der Waals surface area (Å²) in [6, 6.07) is 36.4. The highest BCUT2D eigenvalue weighted by Crippen LogP contribution is 2.43. The number of fused-ring (bicyclic) bond motifs is 2. The second-order valence-corrected chi connectivity index (χ2v) is 17.8. The first-order valence-corrected chi connectivity index (χ1v) is 21.8. The molecule has 2 atom stereocenters. The Morgan fingerprint density at radius 2 is 1.48 bits per heavy atom. The Balaban J connectivity index is 1.05. The molecule has 16 heteroatoms. The van der Waals surface area contributed by atoms with E-state index in [1.807, 2.05) is 66.7 Å². The molecule has 0 aliphatic carbocycles. The molecule has 306 valence electrons. The molecule has 4 aromatic carbocycles. The number of carbonyl (C=O) groups is 4. The Bertz CT molecular complexity index is 2390. The summed E-state index contributed by atoms with van der Waals surface area (Å²) in [5, 5.41) is 12.2. The number of β-lactam (4-membered cyclic amide) rings is 1. The molecule has 0 spiro atoms. The number of oxime groups is 1. The number of nitrogens with zero attached hydrogens (tertiary/aromatic N) is 4. The zero-order valence-electron chi connectivity index (χ0n) is 33.1. The van der Waals surface area contributed by atoms with Gasteiger partial charge in [-0.15, -0.1) is 23.1 Å². The van der Waals surface area contributed by atoms with Crippen LogP contribution >= 0.6 is 35.2 Å². The van der Waals surface area contributed by atoms with Gasteiger partial charge in [-0.25, -0.2) is 9.78 Å². The Morgan fingerprint density at radius 1 is 0.883 bits per heavy atom. The highest BCUT2D eigenvalue weighted by atomic mass is 32.2. The zero-order valence-corrected chi connectivity index (χ0v) is 35.5. The van der Waals surface area contributed by atoms with E-state index < -0.39 is 40.3 Å². The molecule has 13 nitrogen and oxygen atoms in total. The average Bonchev–Trinajstić information content (AvgIpc) is 3.72. The van der Waals surface area contributed by atoms with Gasteiger partial charge in [0.1, 0.15) is 41.1 Å². The van der Waals surface area contributed by atoms with Gasteiger partial charge in [0.2, 0.25) is 0 Å². The van der Waals surface area contributed by atoms with Crippen LogP contribution in [0.1, 0.15) is 53.5 Å². The van der Waals surface area contributed by atoms with E-state index in [0.29, 0.717) is 27.7 Å². The van der Waals surface area contributed by atoms with Crippen molar-refractivity contribution in [2.24, 2.45) is 5.16 Å². The summed E-state index contributed by atoms with van der Waals surface area (Å²) in [5.41, 5.74) is 3.13. The third-order valence-electron chi connectivity index (χ3n) is 9.97. The van der Waals surface area contributed by atoms with Gasteiger partial charge in [-0.3, -0.25) is 23.6 Å². The lowest BCUT2D eigenvalue weighted by Crippen LogP contribution is -2.71. The number of hydrogen-bond acceptors (Lipinski definition) is 13. The zero-order chi connectivity index (χ0) is 42.0. The summed E-state index contributed by atoms with van der Waals surface area (Å²) in [4.78, 5) is 66.7. The normalized spacial score (nSPS) is 17.8. The number of aromatic nitrogens is 1. The third kappa shape index (κ3) is 7.85. The van der Waals surface area contributed by atoms with Gasteiger partial charge in [0.15, 0.2) is 10.8 Å². The minimum atomic E-state index is -0.999. The number of hydrogen-bond donors (Lipinski definition) is 3. The lowest BCUT2D eigenvalue weighted by Gasteiger charge is -2.50. The van der Waals surface area contributed by atoms with Crippen molar-refractivity contribution in [2.45, 2.75) is 43.3 Å². The highest BCUT2D eigenvalue weighted by Gasteiger charge is 2.55. The number of rotatable bonds is 12. The summed E-state index contributed by atoms with van der Waals surface area (Å²) in [7, 11) is 1.33. The van der Waals surface area contributed by atoms with E-state index in [9.17, 15) is 19.2 Å². The number of thiazole rings is 1. The van der Waals surface area contributed by atoms with Crippen LogP contribution in [0.25, 0.3) is 0 Å². The van der Waals surface area contributed by atoms with Crippen LogP contribution in [0, 0.1) is 0 Å². The first kappa shape index (κ1) is 40.7. The summed E-state index contributed by atoms with van der Waals surface area (Å²) in [5.74, 6) is -1.80. The van der Waals surface area contributed by atoms with Crippen LogP contribution in [0.2, 0.25) is 0 Å². The lowest BCUT2D eigenvalue weighted by atomic mass is 9.77. The fourth-order valence-electron chi connectivity index (χ4n) is 7.32. The summed E-state index contributed by atoms with van der Waals surface area (Å²) < 4.78 is 10.5. The van der Waals surface area contributed by atoms with E-state index in [2.05, 4.69) is 56.9 Å². The van der Waals surface area contributed by atoms with Gasteiger partial charge in [0.25, 0.3) is 17.7 Å². The maximum Gasteiger partial charge on any atom is 0.355 e. The largest absolute Gasteiger partial charge is 0.455 e. The molecule has 5 aromatic rings. The Labute approximate surface area is 359 Å². The number of carbonyl (C=O) groups excluding carboxylic acids is 4. The van der Waals surface area contributed by atoms with Gasteiger partial charge >= 0.3 is 5.97 Å². The maximum absolute atomic E-state index is 14.1. The number of thioether (sulfide) groups is 1. The van der Waals surface area contributed by atoms with Crippen LogP contribution in [0.15, 0.2) is 137 Å². The summed E-state index contributed by atoms with van der Waals surface area (Å²) in [6.45, 7) is 5.29. The van der Waals surface area contributed by atoms with Gasteiger partial charge in [0, 0.05) is 11.1 Å². The molecule has 4 heterocycles. The molecule has 0 saturated carbocycles. The van der Waals surface area contributed by atoms with Crippen LogP contribution in [-0.2, 0) is 29.5 Å². The number of anilines is 2. The van der Waals surface area contributed by atoms with E-state index in [4.69, 9.17) is 14.6 Å². The highest BCUT2D eigenvalue weighted by molar-refractivity contribution is 8.00. The first-order valence-electron chi connectivity index (χ1n) is 19.0. The van der Waals surface area contributed by atoms with E-state index in [1.165, 1.54) is 39.4 Å². The van der Waals surface area contributed by atoms with Crippen molar-refractivity contribution in [3.63, 3.8) is 0 Å². The molecular weight excluding hydrogens is 819 g/mol. The maximum atomic E-state index is 14.1. The van der Waals surface area contributed by atoms with E-state index in [0.717, 1.165) is 28.8 Å². The summed E-state index contributed by atoms with van der Waals surface area (Å²) >= 11 is 3.79. The molecule has 0 unspecified atom stereocenters. The van der Waals surface area contributed by atoms with Crippen LogP contribution in [0.5, 0.6) is 0 Å². The number of benzene rings is 4. The van der Waals surface area contributed by atoms with E-state index in [-0.39, 0.29) is 29.6 Å². The second-order valence-electron chi connectivity index (χ2n) is 15.0. The van der Waals surface area contributed by atoms with Crippen LogP contribution < -0.4 is 15.4 Å². The van der Waals surface area contributed by atoms with Crippen molar-refractivity contribution in [1.29, 1.82) is 0 Å². The molecule has 0 bridgehead atoms. The van der Waals surface area contributed by atoms with Gasteiger partial charge in [-0.2, -0.15) is 0 Å². The minimum Gasteiger partial charge on any atom is -0.455 e. The molecule has 60 heavy (non-hydrogen) atoms. The topological polar surface area (TPSA) is 155 Å². The Morgan fingerprint density at radius 3 is 2.08 bits per heavy atom. The number of para-hydroxylation sites is 1. The molecule has 3 aliphatic heterocycles. The van der Waals surface area contributed by atoms with E-state index >= 15 is 0 Å². The average molecular weight is 860 g/mol. The fraction of sp³-hybridized carbons (Fsp3) is 0.227. The van der Waals surface area contributed by atoms with Crippen molar-refractivity contribution < 1.29 is 28.8 Å². The fourth-order valence-corrected chi connectivity index (χ4v) is 10.2. The smallest absolute Gasteiger partial charge is 0.355 e. The van der Waals surface area contributed by atoms with E-state index in [1.54, 1.807) is 38.3 Å². The van der Waals surface area contributed by atoms with Gasteiger partial charge in [0.05, 0.1) is 29.9 Å². The number of amides is 3. The van der Waals surface area contributed by atoms with Crippen LogP contribution in [0.4, 0.5) is 10.8 Å². The predicted octanol–water partition coefficient (Wildman–Crippen LogP) is 7.02. The number of nitrogens with one attached hydrogen (secondary N) is 3. The molecule has 3 N–H and O–H groups in total. The van der Waals surface area contributed by atoms with Gasteiger partial charge < -0.3 is 24.9 Å². The van der Waals surface area contributed by atoms with Crippen LogP contribution in [-0.4, -0.2) is 80.0 Å². The minimum absolute atomic E-state index is 0.0604. The second kappa shape index (κ2) is 16.9. The number of esters is 1. The van der Waals surface area contributed by atoms with Gasteiger partial charge in [-0.1, -0.05) is 108 Å². The SMILES string of the molecule is CO/N=C(\C(=O)N[C@@H]1C(=O)N2C(C(=O)OC(C)(C)C)=C(CN3SNc4ccccc4C3=O)CS[C@H]12)c1csc(NC(c2ccccc2)(c2ccccc2)c2ccccc2)n1. The Kier molecular flexibility index (Phi) is 11.4. The molecule has 1 fully saturated rings. The van der Waals surface area contributed by atoms with Crippen molar-refractivity contribution in [3.8, 4) is 0 Å². The summed E-state index contributed by atoms with van der Waals surface area (Å²) in [6.07, 6.45) is 0. The standard InChI is InChI=1S/C44H41N7O6S3/c1-43(2,3)57-41(55)36-27(24-50-38(53)31-22-14-15-23-32(31)49-60-50)25-58-40-35(39(54)51(36)40)46-37(52)34(48-56-4)33-26-59-42(45-33)47-44(28-16-8-5-9-17-28,29-18-10-6-11-19-29)30-20-12-7-13-21-30/h5-23,26,35,40,49H,24-25H2,1-4H3,(H,45,47)(H,46,52)/b48-34-/t35-,40-/m1/s1. The van der Waals surface area contributed by atoms with Crippen molar-refractivity contribution >= 4 is 75.5 Å². The third-order valence-corrected chi connectivity index (χ3v) is 12.9.